The van der Waals surface area contributed by atoms with Crippen LogP contribution in [0.5, 0.6) is 0 Å². The van der Waals surface area contributed by atoms with Crippen molar-refractivity contribution in [1.82, 2.24) is 0 Å². The monoisotopic (exact) mass is 252 g/mol. The van der Waals surface area contributed by atoms with Crippen LogP contribution >= 0.6 is 10.7 Å². The Labute approximate surface area is 89.7 Å². The fourth-order valence-corrected chi connectivity index (χ4v) is 2.21. The van der Waals surface area contributed by atoms with Gasteiger partial charge in [-0.05, 0) is 23.8 Å². The third-order valence-corrected chi connectivity index (χ3v) is 3.05. The summed E-state index contributed by atoms with van der Waals surface area (Å²) >= 11 is 0. The summed E-state index contributed by atoms with van der Waals surface area (Å²) in [6.45, 7) is 0. The van der Waals surface area contributed by atoms with E-state index in [2.05, 4.69) is 0 Å². The van der Waals surface area contributed by atoms with Gasteiger partial charge in [0, 0.05) is 10.7 Å². The molecule has 0 saturated heterocycles. The number of carboxylic acid groups (broad SMARTS) is 1. The molecule has 1 aromatic carbocycles. The van der Waals surface area contributed by atoms with Crippen molar-refractivity contribution in [1.29, 1.82) is 0 Å². The van der Waals surface area contributed by atoms with Crippen molar-refractivity contribution in [3.8, 4) is 0 Å². The van der Waals surface area contributed by atoms with E-state index in [0.717, 1.165) is 18.2 Å². The molecule has 1 aromatic rings. The first-order chi connectivity index (χ1) is 6.80. The summed E-state index contributed by atoms with van der Waals surface area (Å²) in [6, 6.07) is 2.68. The highest BCUT2D eigenvalue weighted by atomic mass is 35.7. The van der Waals surface area contributed by atoms with Crippen molar-refractivity contribution in [2.75, 3.05) is 0 Å². The normalized spacial score (nSPS) is 11.3. The van der Waals surface area contributed by atoms with E-state index in [1.165, 1.54) is 0 Å². The van der Waals surface area contributed by atoms with Crippen LogP contribution in [0.2, 0.25) is 0 Å². The van der Waals surface area contributed by atoms with Gasteiger partial charge >= 0.3 is 5.97 Å². The molecule has 0 aliphatic carbocycles. The van der Waals surface area contributed by atoms with Crippen LogP contribution in [0.15, 0.2) is 23.1 Å². The lowest BCUT2D eigenvalue weighted by molar-refractivity contribution is -0.136. The number of carbonyl (C=O) groups is 1. The summed E-state index contributed by atoms with van der Waals surface area (Å²) in [6.07, 6.45) is -0.598. The Bertz CT molecular complexity index is 497. The summed E-state index contributed by atoms with van der Waals surface area (Å²) < 4.78 is 34.7. The van der Waals surface area contributed by atoms with Crippen LogP contribution in [0.3, 0.4) is 0 Å². The molecule has 0 fully saturated rings. The van der Waals surface area contributed by atoms with Crippen LogP contribution in [0.1, 0.15) is 5.56 Å². The third-order valence-electron chi connectivity index (χ3n) is 1.63. The predicted octanol–water partition coefficient (Wildman–Crippen LogP) is 1.38. The Morgan fingerprint density at radius 1 is 1.47 bits per heavy atom. The molecular formula is C8H6ClFO4S. The van der Waals surface area contributed by atoms with Crippen LogP contribution < -0.4 is 0 Å². The number of hydrogen-bond donors (Lipinski definition) is 1. The quantitative estimate of drug-likeness (QED) is 0.825. The molecule has 0 atom stereocenters. The highest BCUT2D eigenvalue weighted by Gasteiger charge is 2.17. The molecule has 0 heterocycles. The topological polar surface area (TPSA) is 71.4 Å². The van der Waals surface area contributed by atoms with Crippen molar-refractivity contribution in [3.63, 3.8) is 0 Å². The molecule has 4 nitrogen and oxygen atoms in total. The Balaban J connectivity index is 3.33. The first-order valence-electron chi connectivity index (χ1n) is 3.75. The summed E-state index contributed by atoms with van der Waals surface area (Å²) in [7, 11) is 1.00. The van der Waals surface area contributed by atoms with Crippen LogP contribution in [-0.2, 0) is 20.3 Å². The van der Waals surface area contributed by atoms with Crippen molar-refractivity contribution in [2.45, 2.75) is 11.3 Å². The van der Waals surface area contributed by atoms with Gasteiger partial charge in [-0.25, -0.2) is 12.8 Å². The van der Waals surface area contributed by atoms with Gasteiger partial charge < -0.3 is 5.11 Å². The lowest BCUT2D eigenvalue weighted by atomic mass is 10.1. The van der Waals surface area contributed by atoms with Gasteiger partial charge in [0.1, 0.15) is 5.82 Å². The number of benzene rings is 1. The molecule has 0 bridgehead atoms. The average molecular weight is 253 g/mol. The van der Waals surface area contributed by atoms with E-state index in [0.29, 0.717) is 0 Å². The van der Waals surface area contributed by atoms with E-state index in [1.807, 2.05) is 0 Å². The second-order valence-electron chi connectivity index (χ2n) is 2.76. The molecular weight excluding hydrogens is 247 g/mol. The summed E-state index contributed by atoms with van der Waals surface area (Å²) in [5, 5.41) is 8.49. The summed E-state index contributed by atoms with van der Waals surface area (Å²) in [4.78, 5) is 10.0. The SMILES string of the molecule is O=C(O)Cc1cc(F)ccc1S(=O)(=O)Cl. The van der Waals surface area contributed by atoms with Crippen molar-refractivity contribution >= 4 is 25.7 Å². The predicted molar refractivity (Wildman–Crippen MR) is 50.8 cm³/mol. The molecule has 0 radical (unpaired) electrons. The van der Waals surface area contributed by atoms with E-state index in [4.69, 9.17) is 15.8 Å². The number of rotatable bonds is 3. The van der Waals surface area contributed by atoms with Crippen LogP contribution in [0.25, 0.3) is 0 Å². The van der Waals surface area contributed by atoms with Gasteiger partial charge in [0.15, 0.2) is 0 Å². The molecule has 0 aliphatic heterocycles. The fourth-order valence-electron chi connectivity index (χ4n) is 1.09. The molecule has 1 N–H and O–H groups in total. The Morgan fingerprint density at radius 3 is 2.53 bits per heavy atom. The van der Waals surface area contributed by atoms with E-state index in [1.54, 1.807) is 0 Å². The first-order valence-corrected chi connectivity index (χ1v) is 6.06. The number of aliphatic carboxylic acids is 1. The maximum absolute atomic E-state index is 12.8. The average Bonchev–Trinajstić information content (AvgIpc) is 1.99. The zero-order chi connectivity index (χ0) is 11.6. The van der Waals surface area contributed by atoms with Crippen LogP contribution in [0.4, 0.5) is 4.39 Å². The standard InChI is InChI=1S/C8H6ClFO4S/c9-15(13,14)7-2-1-6(10)3-5(7)4-8(11)12/h1-3H,4H2,(H,11,12). The van der Waals surface area contributed by atoms with Crippen molar-refractivity contribution < 1.29 is 22.7 Å². The van der Waals surface area contributed by atoms with Crippen molar-refractivity contribution in [2.24, 2.45) is 0 Å². The molecule has 0 saturated carbocycles. The minimum atomic E-state index is -4.05. The molecule has 0 amide bonds. The van der Waals surface area contributed by atoms with E-state index in [-0.39, 0.29) is 10.5 Å². The second-order valence-corrected chi connectivity index (χ2v) is 5.29. The second kappa shape index (κ2) is 4.16. The number of hydrogen-bond acceptors (Lipinski definition) is 3. The Morgan fingerprint density at radius 2 is 2.07 bits per heavy atom. The molecule has 0 unspecified atom stereocenters. The van der Waals surface area contributed by atoms with E-state index in [9.17, 15) is 17.6 Å². The maximum atomic E-state index is 12.8. The van der Waals surface area contributed by atoms with E-state index < -0.39 is 27.3 Å². The highest BCUT2D eigenvalue weighted by Crippen LogP contribution is 2.21. The lowest BCUT2D eigenvalue weighted by Gasteiger charge is -2.03. The highest BCUT2D eigenvalue weighted by molar-refractivity contribution is 8.13. The lowest BCUT2D eigenvalue weighted by Crippen LogP contribution is -2.05. The fraction of sp³-hybridized carbons (Fsp3) is 0.125. The van der Waals surface area contributed by atoms with Crippen LogP contribution in [-0.4, -0.2) is 19.5 Å². The van der Waals surface area contributed by atoms with Gasteiger partial charge in [-0.2, -0.15) is 0 Å². The summed E-state index contributed by atoms with van der Waals surface area (Å²) in [5.74, 6) is -1.97. The third kappa shape index (κ3) is 3.17. The van der Waals surface area contributed by atoms with Gasteiger partial charge in [-0.1, -0.05) is 0 Å². The number of carboxylic acids is 1. The zero-order valence-electron chi connectivity index (χ0n) is 7.28. The Kier molecular flexibility index (Phi) is 3.31. The van der Waals surface area contributed by atoms with Crippen molar-refractivity contribution in [3.05, 3.63) is 29.6 Å². The van der Waals surface area contributed by atoms with Gasteiger partial charge in [0.05, 0.1) is 11.3 Å². The molecule has 82 valence electrons. The molecule has 0 aromatic heterocycles. The summed E-state index contributed by atoms with van der Waals surface area (Å²) in [5.41, 5.74) is -0.169. The molecule has 7 heteroatoms. The van der Waals surface area contributed by atoms with Crippen LogP contribution in [0, 0.1) is 5.82 Å². The smallest absolute Gasteiger partial charge is 0.307 e. The molecule has 15 heavy (non-hydrogen) atoms. The maximum Gasteiger partial charge on any atom is 0.307 e. The Hall–Kier alpha value is -1.14. The number of halogens is 2. The largest absolute Gasteiger partial charge is 0.481 e. The van der Waals surface area contributed by atoms with Gasteiger partial charge in [0.2, 0.25) is 0 Å². The van der Waals surface area contributed by atoms with Gasteiger partial charge in [0.25, 0.3) is 9.05 Å². The first kappa shape index (κ1) is 11.9. The molecule has 0 spiro atoms. The van der Waals surface area contributed by atoms with Gasteiger partial charge in [-0.3, -0.25) is 4.79 Å². The van der Waals surface area contributed by atoms with Gasteiger partial charge in [-0.15, -0.1) is 0 Å². The molecule has 0 aliphatic rings. The molecule has 1 rings (SSSR count). The zero-order valence-corrected chi connectivity index (χ0v) is 8.85. The minimum absolute atomic E-state index is 0.169. The minimum Gasteiger partial charge on any atom is -0.481 e. The van der Waals surface area contributed by atoms with E-state index >= 15 is 0 Å².